The van der Waals surface area contributed by atoms with E-state index >= 15 is 4.79 Å². The predicted octanol–water partition coefficient (Wildman–Crippen LogP) is 4.24. The van der Waals surface area contributed by atoms with Gasteiger partial charge < -0.3 is 39.0 Å². The van der Waals surface area contributed by atoms with Gasteiger partial charge in [-0.3, -0.25) is 19.4 Å². The van der Waals surface area contributed by atoms with Crippen LogP contribution in [0.25, 0.3) is 10.9 Å². The number of esters is 3. The van der Waals surface area contributed by atoms with E-state index < -0.39 is 63.6 Å². The highest BCUT2D eigenvalue weighted by Crippen LogP contribution is 2.70. The van der Waals surface area contributed by atoms with E-state index in [9.17, 15) is 19.8 Å². The summed E-state index contributed by atoms with van der Waals surface area (Å²) in [4.78, 5) is 53.5. The summed E-state index contributed by atoms with van der Waals surface area (Å²) in [7, 11) is 6.27. The van der Waals surface area contributed by atoms with Crippen LogP contribution < -0.4 is 0 Å². The third-order valence-corrected chi connectivity index (χ3v) is 16.7. The molecule has 13 nitrogen and oxygen atoms in total. The molecule has 5 aliphatic heterocycles. The smallest absolute Gasteiger partial charge is 0.344 e. The molecule has 0 amide bonds. The summed E-state index contributed by atoms with van der Waals surface area (Å²) in [5, 5.41) is 26.4. The molecule has 324 valence electrons. The second-order valence-corrected chi connectivity index (χ2v) is 19.9. The van der Waals surface area contributed by atoms with E-state index in [4.69, 9.17) is 18.9 Å². The number of H-pyrrole nitrogens is 1. The summed E-state index contributed by atoms with van der Waals surface area (Å²) in [6.45, 7) is 8.72. The Balaban J connectivity index is 1.33. The molecule has 1 aromatic heterocycles. The Morgan fingerprint density at radius 3 is 2.45 bits per heavy atom. The predicted molar refractivity (Wildman–Crippen MR) is 232 cm³/mol. The molecule has 2 aromatic rings. The van der Waals surface area contributed by atoms with Gasteiger partial charge in [0.05, 0.1) is 32.0 Å². The molecule has 0 radical (unpaired) electrons. The number of methoxy groups -OCH3 is 3. The van der Waals surface area contributed by atoms with E-state index in [0.29, 0.717) is 58.2 Å². The fourth-order valence-electron chi connectivity index (χ4n) is 14.0. The Hall–Kier alpha value is -3.28. The van der Waals surface area contributed by atoms with Crippen molar-refractivity contribution in [2.24, 2.45) is 22.7 Å². The lowest BCUT2D eigenvalue weighted by Crippen LogP contribution is -2.79. The molecule has 1 aromatic carbocycles. The first-order valence-corrected chi connectivity index (χ1v) is 22.6. The van der Waals surface area contributed by atoms with E-state index in [-0.39, 0.29) is 17.9 Å². The van der Waals surface area contributed by atoms with Crippen LogP contribution in [-0.2, 0) is 45.2 Å². The van der Waals surface area contributed by atoms with Crippen molar-refractivity contribution in [1.82, 2.24) is 19.7 Å². The average molecular weight is 939 g/mol. The molecule has 7 aliphatic rings. The number of aromatic nitrogens is 1. The molecule has 1 spiro atoms. The van der Waals surface area contributed by atoms with E-state index in [1.165, 1.54) is 21.1 Å². The van der Waals surface area contributed by atoms with Crippen molar-refractivity contribution in [3.63, 3.8) is 0 Å². The second kappa shape index (κ2) is 14.6. The first-order chi connectivity index (χ1) is 28.6. The molecule has 12 atom stereocenters. The fraction of sp³-hybridized carbons (Fsp3) is 0.630. The lowest BCUT2D eigenvalue weighted by Gasteiger charge is -2.63. The number of aromatic amines is 1. The minimum absolute atomic E-state index is 0.0690. The van der Waals surface area contributed by atoms with E-state index in [1.54, 1.807) is 7.11 Å². The van der Waals surface area contributed by atoms with Crippen molar-refractivity contribution in [2.75, 3.05) is 61.1 Å². The first kappa shape index (κ1) is 42.0. The van der Waals surface area contributed by atoms with Gasteiger partial charge in [0.25, 0.3) is 0 Å². The zero-order valence-corrected chi connectivity index (χ0v) is 37.9. The number of likely N-dealkylation sites (tertiary alicyclic amines) is 1. The van der Waals surface area contributed by atoms with Gasteiger partial charge in [-0.2, -0.15) is 0 Å². The van der Waals surface area contributed by atoms with Crippen molar-refractivity contribution < 1.29 is 43.5 Å². The number of ether oxygens (including phenoxy) is 4. The zero-order valence-electron chi connectivity index (χ0n) is 35.8. The SMILES string of the molecule is CC[C@]1(O)C[C@H]2CN(CCc3c([nH]c4ccc(I)cc34)[C@@](C(=O)OC)(C3C=C4C(=CC3OC)N(C)[C@H]3[C@@](O)(C(=O)OC)[C@H](OC(C)=O)[C@]5(CC)C=CCN6CC[C@]43[C@@H]65)C2)C1. The molecule has 3 N–H and O–H groups in total. The maximum atomic E-state index is 15.4. The van der Waals surface area contributed by atoms with Crippen LogP contribution in [0, 0.1) is 26.2 Å². The minimum atomic E-state index is -2.29. The third kappa shape index (κ3) is 5.55. The highest BCUT2D eigenvalue weighted by molar-refractivity contribution is 14.1. The molecule has 2 bridgehead atoms. The number of benzene rings is 1. The maximum absolute atomic E-state index is 15.4. The highest BCUT2D eigenvalue weighted by Gasteiger charge is 2.81. The van der Waals surface area contributed by atoms with E-state index in [1.807, 2.05) is 25.8 Å². The number of hydrogen-bond donors (Lipinski definition) is 3. The molecule has 1 saturated carbocycles. The molecule has 14 heteroatoms. The summed E-state index contributed by atoms with van der Waals surface area (Å²) in [6, 6.07) is 5.15. The number of piperidine rings is 1. The third-order valence-electron chi connectivity index (χ3n) is 16.1. The summed E-state index contributed by atoms with van der Waals surface area (Å²) in [5.74, 6) is -2.53. The van der Waals surface area contributed by atoms with Gasteiger partial charge in [-0.25, -0.2) is 4.79 Å². The summed E-state index contributed by atoms with van der Waals surface area (Å²) >= 11 is 2.34. The number of nitrogens with zero attached hydrogens (tertiary/aromatic N) is 3. The first-order valence-electron chi connectivity index (χ1n) is 21.6. The maximum Gasteiger partial charge on any atom is 0.344 e. The zero-order chi connectivity index (χ0) is 42.7. The largest absolute Gasteiger partial charge is 0.468 e. The Kier molecular flexibility index (Phi) is 10.3. The molecule has 2 aliphatic carbocycles. The van der Waals surface area contributed by atoms with Gasteiger partial charge in [-0.1, -0.05) is 32.1 Å². The Bertz CT molecular complexity index is 2220. The molecular formula is C46H59IN4O9. The van der Waals surface area contributed by atoms with Crippen molar-refractivity contribution >= 4 is 51.4 Å². The number of aliphatic hydroxyl groups is 2. The normalized spacial score (nSPS) is 40.5. The Morgan fingerprint density at radius 1 is 1.00 bits per heavy atom. The van der Waals surface area contributed by atoms with Gasteiger partial charge in [-0.05, 0) is 109 Å². The summed E-state index contributed by atoms with van der Waals surface area (Å²) in [5.41, 5.74) is -1.83. The Labute approximate surface area is 365 Å². The number of carbonyl (C=O) groups is 3. The van der Waals surface area contributed by atoms with Crippen molar-refractivity contribution in [1.29, 1.82) is 0 Å². The Morgan fingerprint density at radius 2 is 1.77 bits per heavy atom. The topological polar surface area (TPSA) is 154 Å². The molecular weight excluding hydrogens is 879 g/mol. The second-order valence-electron chi connectivity index (χ2n) is 18.7. The molecule has 60 heavy (non-hydrogen) atoms. The standard InChI is InChI=1S/C46H59IN4O9/c1-8-42(55)22-27-23-45(40(53)58-6,36-29(13-17-50(24-27)25-42)30-19-28(47)11-12-33(30)48-36)32-20-31-34(21-35(32)57-5)49(4)38-44(31)15-18-51-16-10-14-43(9-2,37(44)51)39(60-26(3)52)46(38,56)41(54)59-7/h10-12,14,19-21,27,32,35,37-39,48,55-56H,8-9,13,15-18,22-25H2,1-7H3/t27-,32?,35?,37+,38-,39-,42+,43-,44-,45+,46+/m1/s1. The average Bonchev–Trinajstić information content (AvgIpc) is 3.89. The molecule has 3 unspecified atom stereocenters. The van der Waals surface area contributed by atoms with E-state index in [0.717, 1.165) is 50.1 Å². The number of hydrogen-bond acceptors (Lipinski definition) is 12. The number of allylic oxidation sites excluding steroid dienone is 1. The van der Waals surface area contributed by atoms with Gasteiger partial charge in [0.1, 0.15) is 5.41 Å². The van der Waals surface area contributed by atoms with Crippen molar-refractivity contribution in [2.45, 2.75) is 100 Å². The van der Waals surface area contributed by atoms with E-state index in [2.05, 4.69) is 79.9 Å². The fourth-order valence-corrected chi connectivity index (χ4v) is 14.5. The minimum Gasteiger partial charge on any atom is -0.468 e. The van der Waals surface area contributed by atoms with Gasteiger partial charge in [0, 0.05) is 95.9 Å². The number of rotatable bonds is 7. The lowest BCUT2D eigenvalue weighted by molar-refractivity contribution is -0.243. The van der Waals surface area contributed by atoms with Crippen LogP contribution in [0.1, 0.15) is 64.1 Å². The van der Waals surface area contributed by atoms with Gasteiger partial charge >= 0.3 is 17.9 Å². The van der Waals surface area contributed by atoms with Crippen LogP contribution in [0.2, 0.25) is 0 Å². The van der Waals surface area contributed by atoms with Crippen molar-refractivity contribution in [3.8, 4) is 0 Å². The monoisotopic (exact) mass is 938 g/mol. The lowest BCUT2D eigenvalue weighted by atomic mass is 9.47. The van der Waals surface area contributed by atoms with Crippen LogP contribution in [-0.4, -0.2) is 144 Å². The quantitative estimate of drug-likeness (QED) is 0.158. The number of likely N-dealkylation sites (N-methyl/N-ethyl adjacent to an activating group) is 1. The number of halogens is 1. The van der Waals surface area contributed by atoms with Crippen LogP contribution in [0.15, 0.2) is 53.8 Å². The van der Waals surface area contributed by atoms with Crippen molar-refractivity contribution in [3.05, 3.63) is 68.6 Å². The number of fused-ring (bicyclic) bond motifs is 6. The summed E-state index contributed by atoms with van der Waals surface area (Å²) < 4.78 is 25.3. The number of nitrogens with one attached hydrogen (secondary N) is 1. The molecule has 4 fully saturated rings. The van der Waals surface area contributed by atoms with Crippen LogP contribution in [0.4, 0.5) is 0 Å². The van der Waals surface area contributed by atoms with Gasteiger partial charge in [0.2, 0.25) is 5.60 Å². The van der Waals surface area contributed by atoms with Crippen LogP contribution >= 0.6 is 22.6 Å². The van der Waals surface area contributed by atoms with Crippen LogP contribution in [0.3, 0.4) is 0 Å². The van der Waals surface area contributed by atoms with Gasteiger partial charge in [0.15, 0.2) is 6.10 Å². The van der Waals surface area contributed by atoms with Crippen LogP contribution in [0.5, 0.6) is 0 Å². The summed E-state index contributed by atoms with van der Waals surface area (Å²) in [6.07, 6.45) is 9.76. The van der Waals surface area contributed by atoms with Gasteiger partial charge in [-0.15, -0.1) is 0 Å². The molecule has 6 heterocycles. The molecule has 3 saturated heterocycles. The number of carbonyl (C=O) groups excluding carboxylic acids is 3. The molecule has 9 rings (SSSR count). The highest BCUT2D eigenvalue weighted by atomic mass is 127.